The molecule has 3 heterocycles. The Morgan fingerprint density at radius 1 is 1.10 bits per heavy atom. The minimum atomic E-state index is -0.0627. The molecule has 0 unspecified atom stereocenters. The summed E-state index contributed by atoms with van der Waals surface area (Å²) in [4.78, 5) is 18.2. The van der Waals surface area contributed by atoms with Crippen LogP contribution in [0.2, 0.25) is 5.02 Å². The zero-order valence-electron chi connectivity index (χ0n) is 16.9. The number of ether oxygens (including phenoxy) is 2. The van der Waals surface area contributed by atoms with Gasteiger partial charge in [0.05, 0.1) is 22.2 Å². The van der Waals surface area contributed by atoms with Crippen LogP contribution in [0.1, 0.15) is 45.6 Å². The molecule has 0 atom stereocenters. The zero-order chi connectivity index (χ0) is 19.0. The highest BCUT2D eigenvalue weighted by molar-refractivity contribution is 6.32. The topological polar surface area (TPSA) is 59.5 Å². The lowest BCUT2D eigenvalue weighted by Crippen LogP contribution is -2.45. The standard InChI is InChI=1S/C20H28ClN3O3.2ClH/c1-13(2)27-19-12-18-17(11-16(19)21)22-20(25)24(18)15-3-7-23(8-4-15)14-5-9-26-10-6-14;;/h11-15H,3-10H2,1-2H3,(H,22,25);2*1H. The number of nitrogens with zero attached hydrogens (tertiary/aromatic N) is 2. The molecule has 6 nitrogen and oxygen atoms in total. The number of likely N-dealkylation sites (tertiary alicyclic amines) is 1. The van der Waals surface area contributed by atoms with Gasteiger partial charge >= 0.3 is 5.69 Å². The van der Waals surface area contributed by atoms with Gasteiger partial charge in [-0.25, -0.2) is 4.79 Å². The summed E-state index contributed by atoms with van der Waals surface area (Å²) < 4.78 is 13.2. The smallest absolute Gasteiger partial charge is 0.326 e. The molecule has 1 N–H and O–H groups in total. The minimum Gasteiger partial charge on any atom is -0.489 e. The van der Waals surface area contributed by atoms with Crippen LogP contribution >= 0.6 is 36.4 Å². The van der Waals surface area contributed by atoms with Crippen molar-refractivity contribution in [2.75, 3.05) is 26.3 Å². The van der Waals surface area contributed by atoms with E-state index in [4.69, 9.17) is 21.1 Å². The van der Waals surface area contributed by atoms with Gasteiger partial charge in [-0.15, -0.1) is 24.8 Å². The Morgan fingerprint density at radius 2 is 1.76 bits per heavy atom. The maximum absolute atomic E-state index is 12.7. The molecule has 1 aromatic carbocycles. The number of piperidine rings is 1. The zero-order valence-corrected chi connectivity index (χ0v) is 19.2. The van der Waals surface area contributed by atoms with E-state index < -0.39 is 0 Å². The van der Waals surface area contributed by atoms with E-state index in [2.05, 4.69) is 9.88 Å². The lowest BCUT2D eigenvalue weighted by atomic mass is 9.99. The van der Waals surface area contributed by atoms with E-state index in [-0.39, 0.29) is 42.6 Å². The van der Waals surface area contributed by atoms with Crippen LogP contribution in [0, 0.1) is 0 Å². The molecule has 2 saturated heterocycles. The molecule has 2 aliphatic rings. The maximum atomic E-state index is 12.7. The van der Waals surface area contributed by atoms with Gasteiger partial charge in [-0.1, -0.05) is 11.6 Å². The van der Waals surface area contributed by atoms with E-state index in [0.29, 0.717) is 16.8 Å². The number of fused-ring (bicyclic) bond motifs is 1. The molecule has 164 valence electrons. The van der Waals surface area contributed by atoms with Gasteiger partial charge in [-0.05, 0) is 45.6 Å². The fraction of sp³-hybridized carbons (Fsp3) is 0.650. The van der Waals surface area contributed by atoms with Gasteiger partial charge in [0.25, 0.3) is 0 Å². The molecule has 0 radical (unpaired) electrons. The summed E-state index contributed by atoms with van der Waals surface area (Å²) in [6.45, 7) is 7.72. The third kappa shape index (κ3) is 5.23. The van der Waals surface area contributed by atoms with E-state index in [1.165, 1.54) is 0 Å². The van der Waals surface area contributed by atoms with Crippen molar-refractivity contribution < 1.29 is 9.47 Å². The fourth-order valence-electron chi connectivity index (χ4n) is 4.39. The predicted molar refractivity (Wildman–Crippen MR) is 122 cm³/mol. The molecule has 2 fully saturated rings. The Hall–Kier alpha value is -0.920. The molecule has 9 heteroatoms. The SMILES string of the molecule is CC(C)Oc1cc2c(cc1Cl)[nH]c(=O)n2C1CCN(C2CCOCC2)CC1.Cl.Cl. The number of rotatable bonds is 4. The molecule has 4 rings (SSSR count). The molecule has 0 amide bonds. The van der Waals surface area contributed by atoms with Crippen LogP contribution in [0.3, 0.4) is 0 Å². The first-order chi connectivity index (χ1) is 13.0. The fourth-order valence-corrected chi connectivity index (χ4v) is 4.60. The normalized spacial score (nSPS) is 19.2. The summed E-state index contributed by atoms with van der Waals surface area (Å²) in [5.41, 5.74) is 1.59. The molecular weight excluding hydrogens is 437 g/mol. The Labute approximate surface area is 188 Å². The second kappa shape index (κ2) is 10.4. The summed E-state index contributed by atoms with van der Waals surface area (Å²) in [7, 11) is 0. The van der Waals surface area contributed by atoms with E-state index in [1.807, 2.05) is 24.5 Å². The molecular formula is C20H30Cl3N3O3. The first-order valence-corrected chi connectivity index (χ1v) is 10.3. The van der Waals surface area contributed by atoms with E-state index in [0.717, 1.165) is 63.0 Å². The summed E-state index contributed by atoms with van der Waals surface area (Å²) in [5.74, 6) is 0.631. The average Bonchev–Trinajstić information content (AvgIpc) is 2.97. The summed E-state index contributed by atoms with van der Waals surface area (Å²) >= 11 is 6.33. The van der Waals surface area contributed by atoms with Gasteiger partial charge in [0.1, 0.15) is 5.75 Å². The lowest BCUT2D eigenvalue weighted by molar-refractivity contribution is 0.0220. The van der Waals surface area contributed by atoms with E-state index in [9.17, 15) is 4.79 Å². The summed E-state index contributed by atoms with van der Waals surface area (Å²) in [6.07, 6.45) is 4.22. The van der Waals surface area contributed by atoms with Crippen molar-refractivity contribution >= 4 is 47.4 Å². The van der Waals surface area contributed by atoms with Gasteiger partial charge in [0.15, 0.2) is 0 Å². The van der Waals surface area contributed by atoms with Crippen LogP contribution in [-0.4, -0.2) is 52.9 Å². The molecule has 1 aromatic heterocycles. The molecule has 29 heavy (non-hydrogen) atoms. The minimum absolute atomic E-state index is 0. The Morgan fingerprint density at radius 3 is 2.38 bits per heavy atom. The first kappa shape index (κ1) is 24.4. The summed E-state index contributed by atoms with van der Waals surface area (Å²) in [5, 5.41) is 0.527. The number of H-pyrrole nitrogens is 1. The highest BCUT2D eigenvalue weighted by Crippen LogP contribution is 2.33. The van der Waals surface area contributed by atoms with Crippen molar-refractivity contribution in [3.05, 3.63) is 27.6 Å². The lowest BCUT2D eigenvalue weighted by Gasteiger charge is -2.39. The second-order valence-corrected chi connectivity index (χ2v) is 8.28. The quantitative estimate of drug-likeness (QED) is 0.724. The number of nitrogens with one attached hydrogen (secondary N) is 1. The number of aromatic nitrogens is 2. The van der Waals surface area contributed by atoms with Crippen LogP contribution in [0.5, 0.6) is 5.75 Å². The van der Waals surface area contributed by atoms with Crippen molar-refractivity contribution in [2.24, 2.45) is 0 Å². The average molecular weight is 467 g/mol. The molecule has 0 saturated carbocycles. The number of halogens is 3. The Bertz CT molecular complexity index is 854. The van der Waals surface area contributed by atoms with Crippen molar-refractivity contribution in [2.45, 2.75) is 57.7 Å². The summed E-state index contributed by atoms with van der Waals surface area (Å²) in [6, 6.07) is 4.53. The van der Waals surface area contributed by atoms with Gasteiger partial charge in [0.2, 0.25) is 0 Å². The van der Waals surface area contributed by atoms with Gasteiger partial charge < -0.3 is 19.4 Å². The van der Waals surface area contributed by atoms with Gasteiger partial charge in [-0.3, -0.25) is 4.57 Å². The maximum Gasteiger partial charge on any atom is 0.326 e. The Kier molecular flexibility index (Phi) is 8.73. The van der Waals surface area contributed by atoms with Gasteiger partial charge in [0, 0.05) is 44.5 Å². The highest BCUT2D eigenvalue weighted by atomic mass is 35.5. The van der Waals surface area contributed by atoms with Crippen molar-refractivity contribution in [1.82, 2.24) is 14.5 Å². The number of aromatic amines is 1. The number of hydrogen-bond donors (Lipinski definition) is 1. The second-order valence-electron chi connectivity index (χ2n) is 7.88. The Balaban J connectivity index is 0.00000150. The van der Waals surface area contributed by atoms with Crippen LogP contribution < -0.4 is 10.4 Å². The van der Waals surface area contributed by atoms with Crippen molar-refractivity contribution in [3.63, 3.8) is 0 Å². The van der Waals surface area contributed by atoms with Crippen molar-refractivity contribution in [3.8, 4) is 5.75 Å². The van der Waals surface area contributed by atoms with E-state index in [1.54, 1.807) is 6.07 Å². The molecule has 0 spiro atoms. The van der Waals surface area contributed by atoms with E-state index >= 15 is 0 Å². The number of hydrogen-bond acceptors (Lipinski definition) is 4. The first-order valence-electron chi connectivity index (χ1n) is 9.95. The third-order valence-corrected chi connectivity index (χ3v) is 6.00. The predicted octanol–water partition coefficient (Wildman–Crippen LogP) is 4.43. The van der Waals surface area contributed by atoms with Crippen LogP contribution in [-0.2, 0) is 4.74 Å². The number of imidazole rings is 1. The van der Waals surface area contributed by atoms with Crippen LogP contribution in [0.15, 0.2) is 16.9 Å². The number of benzene rings is 1. The third-order valence-electron chi connectivity index (χ3n) is 5.70. The highest BCUT2D eigenvalue weighted by Gasteiger charge is 2.28. The molecule has 2 aliphatic heterocycles. The van der Waals surface area contributed by atoms with Crippen molar-refractivity contribution in [1.29, 1.82) is 0 Å². The van der Waals surface area contributed by atoms with Crippen LogP contribution in [0.25, 0.3) is 11.0 Å². The van der Waals surface area contributed by atoms with Gasteiger partial charge in [-0.2, -0.15) is 0 Å². The monoisotopic (exact) mass is 465 g/mol. The molecule has 0 aliphatic carbocycles. The molecule has 2 aromatic rings. The van der Waals surface area contributed by atoms with Crippen LogP contribution in [0.4, 0.5) is 0 Å². The molecule has 0 bridgehead atoms. The largest absolute Gasteiger partial charge is 0.489 e.